The third-order valence-corrected chi connectivity index (χ3v) is 6.67. The molecule has 0 bridgehead atoms. The monoisotopic (exact) mass is 524 g/mol. The van der Waals surface area contributed by atoms with Crippen LogP contribution in [-0.4, -0.2) is 99.9 Å². The number of allylic oxidation sites excluding steroid dienone is 1. The molecule has 1 aromatic carbocycles. The molecule has 37 heavy (non-hydrogen) atoms. The third kappa shape index (κ3) is 5.28. The molecular weight excluding hydrogens is 496 g/mol. The highest BCUT2D eigenvalue weighted by molar-refractivity contribution is 5.90. The lowest BCUT2D eigenvalue weighted by Crippen LogP contribution is -2.60. The number of phenols is 1. The number of carboxylic acids is 1. The van der Waals surface area contributed by atoms with E-state index in [9.17, 15) is 40.2 Å². The highest BCUT2D eigenvalue weighted by atomic mass is 16.8. The topological polar surface area (TPSA) is 202 Å². The van der Waals surface area contributed by atoms with Crippen LogP contribution in [-0.2, 0) is 23.7 Å². The lowest BCUT2D eigenvalue weighted by molar-refractivity contribution is -0.339. The molecule has 0 aromatic heterocycles. The number of aliphatic carboxylic acids is 1. The Labute approximate surface area is 210 Å². The summed E-state index contributed by atoms with van der Waals surface area (Å²) in [5.74, 6) is -3.36. The van der Waals surface area contributed by atoms with Crippen molar-refractivity contribution in [1.82, 2.24) is 0 Å². The van der Waals surface area contributed by atoms with E-state index < -0.39 is 67.4 Å². The molecule has 0 amide bonds. The first kappa shape index (κ1) is 26.9. The van der Waals surface area contributed by atoms with E-state index in [1.165, 1.54) is 25.3 Å². The van der Waals surface area contributed by atoms with E-state index in [2.05, 4.69) is 0 Å². The molecule has 0 spiro atoms. The van der Waals surface area contributed by atoms with Gasteiger partial charge in [0.15, 0.2) is 17.8 Å². The fraction of sp³-hybridized carbons (Fsp3) is 0.500. The van der Waals surface area contributed by atoms with Gasteiger partial charge in [0.05, 0.1) is 37.0 Å². The summed E-state index contributed by atoms with van der Waals surface area (Å²) in [4.78, 5) is 24.4. The van der Waals surface area contributed by atoms with Crippen LogP contribution in [0.2, 0.25) is 0 Å². The molecule has 2 heterocycles. The average molecular weight is 524 g/mol. The maximum absolute atomic E-state index is 12.6. The molecule has 13 nitrogen and oxygen atoms in total. The number of benzene rings is 1. The molecular formula is C24H28O13. The van der Waals surface area contributed by atoms with Crippen molar-refractivity contribution in [2.24, 2.45) is 11.8 Å². The smallest absolute Gasteiger partial charge is 0.338 e. The van der Waals surface area contributed by atoms with Crippen molar-refractivity contribution in [3.8, 4) is 11.5 Å². The number of rotatable bonds is 8. The first-order valence-corrected chi connectivity index (χ1v) is 11.4. The van der Waals surface area contributed by atoms with Crippen LogP contribution >= 0.6 is 0 Å². The molecule has 6 N–H and O–H groups in total. The quantitative estimate of drug-likeness (QED) is 0.184. The van der Waals surface area contributed by atoms with Crippen molar-refractivity contribution in [3.63, 3.8) is 0 Å². The van der Waals surface area contributed by atoms with Gasteiger partial charge in [-0.2, -0.15) is 0 Å². The second-order valence-corrected chi connectivity index (χ2v) is 8.83. The van der Waals surface area contributed by atoms with Gasteiger partial charge in [0.2, 0.25) is 6.29 Å². The number of fused-ring (bicyclic) bond motifs is 1. The number of carbonyl (C=O) groups excluding carboxylic acids is 1. The Bertz CT molecular complexity index is 1080. The Hall–Kier alpha value is -3.20. The normalized spacial score (nSPS) is 33.0. The first-order valence-electron chi connectivity index (χ1n) is 11.4. The maximum Gasteiger partial charge on any atom is 0.338 e. The number of esters is 1. The van der Waals surface area contributed by atoms with Gasteiger partial charge in [0, 0.05) is 5.92 Å². The summed E-state index contributed by atoms with van der Waals surface area (Å²) in [7, 11) is 1.33. The largest absolute Gasteiger partial charge is 0.504 e. The highest BCUT2D eigenvalue weighted by Gasteiger charge is 2.49. The summed E-state index contributed by atoms with van der Waals surface area (Å²) in [5.41, 5.74) is 0.579. The number of carbonyl (C=O) groups is 2. The standard InChI is InChI=1S/C24H28O13/c1-33-15-6-10(3-5-14(15)26)22(32)34-8-11-2-4-12-13(21(30)31)9-35-23(17(11)12)37-24-20(29)19(28)18(27)16(7-25)36-24/h2-3,5-6,9,12,16-20,23-29H,4,7-8H2,1H3,(H,30,31)/t12-,16-,17-,18-,19+,20-,23-,24+/m1/s1. The minimum atomic E-state index is -1.69. The minimum absolute atomic E-state index is 0.0282. The number of ether oxygens (including phenoxy) is 5. The Kier molecular flexibility index (Phi) is 8.02. The van der Waals surface area contributed by atoms with Gasteiger partial charge in [0.1, 0.15) is 31.0 Å². The molecule has 1 saturated heterocycles. The van der Waals surface area contributed by atoms with Crippen LogP contribution in [0.15, 0.2) is 41.7 Å². The minimum Gasteiger partial charge on any atom is -0.504 e. The molecule has 13 heteroatoms. The van der Waals surface area contributed by atoms with Crippen molar-refractivity contribution in [2.45, 2.75) is 43.4 Å². The second kappa shape index (κ2) is 11.0. The van der Waals surface area contributed by atoms with E-state index >= 15 is 0 Å². The molecule has 2 aliphatic heterocycles. The molecule has 3 aliphatic rings. The lowest BCUT2D eigenvalue weighted by Gasteiger charge is -2.42. The fourth-order valence-corrected chi connectivity index (χ4v) is 4.65. The maximum atomic E-state index is 12.6. The number of aromatic hydroxyl groups is 1. The average Bonchev–Trinajstić information content (AvgIpc) is 3.32. The zero-order chi connectivity index (χ0) is 26.9. The number of methoxy groups -OCH3 is 1. The first-order chi connectivity index (χ1) is 17.7. The number of carboxylic acid groups (broad SMARTS) is 1. The summed E-state index contributed by atoms with van der Waals surface area (Å²) >= 11 is 0. The van der Waals surface area contributed by atoms with Gasteiger partial charge in [0.25, 0.3) is 0 Å². The molecule has 0 radical (unpaired) electrons. The number of hydrogen-bond acceptors (Lipinski definition) is 12. The Balaban J connectivity index is 1.50. The summed E-state index contributed by atoms with van der Waals surface area (Å²) in [6, 6.07) is 3.94. The van der Waals surface area contributed by atoms with Crippen molar-refractivity contribution in [2.75, 3.05) is 20.3 Å². The fourth-order valence-electron chi connectivity index (χ4n) is 4.65. The van der Waals surface area contributed by atoms with E-state index in [0.717, 1.165) is 6.26 Å². The van der Waals surface area contributed by atoms with Crippen LogP contribution in [0.5, 0.6) is 11.5 Å². The van der Waals surface area contributed by atoms with Crippen LogP contribution in [0.4, 0.5) is 0 Å². The van der Waals surface area contributed by atoms with E-state index in [1.54, 1.807) is 6.08 Å². The molecule has 202 valence electrons. The van der Waals surface area contributed by atoms with E-state index in [0.29, 0.717) is 5.57 Å². The summed E-state index contributed by atoms with van der Waals surface area (Å²) in [6.07, 6.45) is -5.89. The SMILES string of the molecule is COc1cc(C(=O)OCC2=CC[C@@H]3C(C(=O)O)=CO[C@H](O[C@@H]4O[C@H](CO)[C@@H](O)[C@H](O)[C@H]4O)[C@H]23)ccc1O. The Morgan fingerprint density at radius 2 is 1.86 bits per heavy atom. The highest BCUT2D eigenvalue weighted by Crippen LogP contribution is 2.44. The lowest BCUT2D eigenvalue weighted by atomic mass is 9.83. The van der Waals surface area contributed by atoms with Crippen LogP contribution in [0.1, 0.15) is 16.8 Å². The number of aliphatic hydroxyl groups is 4. The van der Waals surface area contributed by atoms with Crippen molar-refractivity contribution in [3.05, 3.63) is 47.2 Å². The van der Waals surface area contributed by atoms with E-state index in [4.69, 9.17) is 23.7 Å². The van der Waals surface area contributed by atoms with Gasteiger partial charge in [-0.15, -0.1) is 0 Å². The summed E-state index contributed by atoms with van der Waals surface area (Å²) < 4.78 is 27.1. The molecule has 4 rings (SSSR count). The molecule has 0 unspecified atom stereocenters. The van der Waals surface area contributed by atoms with Gasteiger partial charge in [-0.25, -0.2) is 9.59 Å². The van der Waals surface area contributed by atoms with Gasteiger partial charge in [-0.3, -0.25) is 0 Å². The van der Waals surface area contributed by atoms with Crippen LogP contribution in [0, 0.1) is 11.8 Å². The third-order valence-electron chi connectivity index (χ3n) is 6.67. The molecule has 0 saturated carbocycles. The second-order valence-electron chi connectivity index (χ2n) is 8.83. The van der Waals surface area contributed by atoms with Crippen LogP contribution in [0.3, 0.4) is 0 Å². The number of hydrogen-bond donors (Lipinski definition) is 6. The zero-order valence-electron chi connectivity index (χ0n) is 19.7. The number of aliphatic hydroxyl groups excluding tert-OH is 4. The Morgan fingerprint density at radius 3 is 2.54 bits per heavy atom. The van der Waals surface area contributed by atoms with E-state index in [-0.39, 0.29) is 35.7 Å². The summed E-state index contributed by atoms with van der Waals surface area (Å²) in [6.45, 7) is -0.900. The van der Waals surface area contributed by atoms with Crippen LogP contribution in [0.25, 0.3) is 0 Å². The van der Waals surface area contributed by atoms with Gasteiger partial charge >= 0.3 is 11.9 Å². The molecule has 8 atom stereocenters. The Morgan fingerprint density at radius 1 is 1.11 bits per heavy atom. The predicted molar refractivity (Wildman–Crippen MR) is 120 cm³/mol. The number of phenolic OH excluding ortho intramolecular Hbond substituents is 1. The molecule has 1 aliphatic carbocycles. The van der Waals surface area contributed by atoms with Crippen molar-refractivity contribution >= 4 is 11.9 Å². The van der Waals surface area contributed by atoms with Gasteiger partial charge in [-0.05, 0) is 30.2 Å². The molecule has 1 fully saturated rings. The van der Waals surface area contributed by atoms with Gasteiger partial charge < -0.3 is 54.3 Å². The molecule has 1 aromatic rings. The predicted octanol–water partition coefficient (Wildman–Crippen LogP) is -0.739. The van der Waals surface area contributed by atoms with Crippen molar-refractivity contribution < 1.29 is 63.9 Å². The van der Waals surface area contributed by atoms with Gasteiger partial charge in [-0.1, -0.05) is 6.08 Å². The van der Waals surface area contributed by atoms with E-state index in [1.807, 2.05) is 0 Å². The van der Waals surface area contributed by atoms with Crippen molar-refractivity contribution in [1.29, 1.82) is 0 Å². The zero-order valence-corrected chi connectivity index (χ0v) is 19.7. The summed E-state index contributed by atoms with van der Waals surface area (Å²) in [5, 5.41) is 59.2. The van der Waals surface area contributed by atoms with Crippen LogP contribution < -0.4 is 4.74 Å².